The largest absolute Gasteiger partial charge is 0.484 e. The number of hydrogen-bond donors (Lipinski definition) is 0. The van der Waals surface area contributed by atoms with E-state index in [9.17, 15) is 31.6 Å². The third-order valence-electron chi connectivity index (χ3n) is 10.2. The van der Waals surface area contributed by atoms with Crippen molar-refractivity contribution < 1.29 is 9.47 Å². The van der Waals surface area contributed by atoms with Crippen molar-refractivity contribution in [3.8, 4) is 58.7 Å². The van der Waals surface area contributed by atoms with Crippen LogP contribution in [0.3, 0.4) is 0 Å². The van der Waals surface area contributed by atoms with E-state index in [4.69, 9.17) is 9.47 Å². The summed E-state index contributed by atoms with van der Waals surface area (Å²) in [5.41, 5.74) is 5.16. The Morgan fingerprint density at radius 1 is 0.678 bits per heavy atom. The van der Waals surface area contributed by atoms with E-state index < -0.39 is 11.2 Å². The molecule has 0 atom stereocenters. The number of fused-ring (bicyclic) bond motifs is 2. The van der Waals surface area contributed by atoms with Gasteiger partial charge in [0.05, 0.1) is 12.5 Å². The van der Waals surface area contributed by atoms with Gasteiger partial charge < -0.3 is 9.47 Å². The predicted molar refractivity (Wildman–Crippen MR) is 229 cm³/mol. The average Bonchev–Trinajstić information content (AvgIpc) is 3.50. The van der Waals surface area contributed by atoms with Crippen LogP contribution in [0, 0.1) is 68.0 Å². The molecule has 0 saturated carbocycles. The molecule has 5 aromatic rings. The molecule has 1 aliphatic rings. The number of hydrogen-bond acceptors (Lipinski definition) is 8. The van der Waals surface area contributed by atoms with Gasteiger partial charge in [0.15, 0.2) is 16.9 Å². The summed E-state index contributed by atoms with van der Waals surface area (Å²) in [6.07, 6.45) is 7.27. The summed E-state index contributed by atoms with van der Waals surface area (Å²) < 4.78 is 11.9. The van der Waals surface area contributed by atoms with Crippen molar-refractivity contribution >= 4 is 33.7 Å². The van der Waals surface area contributed by atoms with Crippen LogP contribution in [0.5, 0.6) is 0 Å². The molecule has 5 aromatic carbocycles. The van der Waals surface area contributed by atoms with Crippen molar-refractivity contribution in [3.63, 3.8) is 0 Å². The molecule has 0 N–H and O–H groups in total. The second-order valence-electron chi connectivity index (χ2n) is 14.7. The molecule has 8 heteroatoms. The van der Waals surface area contributed by atoms with E-state index in [1.807, 2.05) is 91.0 Å². The van der Waals surface area contributed by atoms with Crippen LogP contribution in [0.15, 0.2) is 155 Å². The molecule has 59 heavy (non-hydrogen) atoms. The molecule has 1 heterocycles. The van der Waals surface area contributed by atoms with Crippen molar-refractivity contribution in [2.24, 2.45) is 0 Å². The van der Waals surface area contributed by atoms with Crippen LogP contribution in [0.2, 0.25) is 0 Å². The average molecular weight is 765 g/mol. The fourth-order valence-corrected chi connectivity index (χ4v) is 7.10. The smallest absolute Gasteiger partial charge is 0.172 e. The van der Waals surface area contributed by atoms with Gasteiger partial charge in [0.25, 0.3) is 0 Å². The first kappa shape index (κ1) is 40.3. The van der Waals surface area contributed by atoms with E-state index >= 15 is 0 Å². The molecular weight excluding hydrogens is 729 g/mol. The summed E-state index contributed by atoms with van der Waals surface area (Å²) in [5.74, 6) is 0.0318. The van der Waals surface area contributed by atoms with Crippen LogP contribution in [0.1, 0.15) is 45.2 Å². The quantitative estimate of drug-likeness (QED) is 0.0587. The molecule has 0 spiro atoms. The van der Waals surface area contributed by atoms with E-state index in [-0.39, 0.29) is 34.7 Å². The highest BCUT2D eigenvalue weighted by atomic mass is 16.5. The highest BCUT2D eigenvalue weighted by molar-refractivity contribution is 6.21. The van der Waals surface area contributed by atoms with Gasteiger partial charge in [-0.1, -0.05) is 128 Å². The maximum absolute atomic E-state index is 9.93. The van der Waals surface area contributed by atoms with Crippen LogP contribution in [0.25, 0.3) is 56.0 Å². The summed E-state index contributed by atoms with van der Waals surface area (Å²) in [5, 5.41) is 61.0. The molecule has 8 nitrogen and oxygen atoms in total. The van der Waals surface area contributed by atoms with E-state index in [2.05, 4.69) is 61.2 Å². The first-order chi connectivity index (χ1) is 28.4. The van der Waals surface area contributed by atoms with Gasteiger partial charge in [0.2, 0.25) is 0 Å². The summed E-state index contributed by atoms with van der Waals surface area (Å²) in [6.45, 7) is 11.3. The maximum Gasteiger partial charge on any atom is 0.172 e. The Morgan fingerprint density at radius 3 is 1.58 bits per heavy atom. The van der Waals surface area contributed by atoms with Gasteiger partial charge in [-0.2, -0.15) is 31.6 Å². The second-order valence-corrected chi connectivity index (χ2v) is 14.7. The van der Waals surface area contributed by atoms with Crippen molar-refractivity contribution in [2.75, 3.05) is 0 Å². The molecule has 282 valence electrons. The Morgan fingerprint density at radius 2 is 1.15 bits per heavy atom. The minimum Gasteiger partial charge on any atom is -0.484 e. The second kappa shape index (κ2) is 16.8. The first-order valence-electron chi connectivity index (χ1n) is 18.6. The highest BCUT2D eigenvalue weighted by Crippen LogP contribution is 2.44. The van der Waals surface area contributed by atoms with Gasteiger partial charge in [0, 0.05) is 5.57 Å². The molecular formula is C51H36N6O2. The summed E-state index contributed by atoms with van der Waals surface area (Å²) >= 11 is 0. The predicted octanol–water partition coefficient (Wildman–Crippen LogP) is 11.8. The fraction of sp³-hybridized carbons (Fsp3) is 0.137. The third kappa shape index (κ3) is 7.99. The third-order valence-corrected chi connectivity index (χ3v) is 10.2. The van der Waals surface area contributed by atoms with Gasteiger partial charge >= 0.3 is 0 Å². The van der Waals surface area contributed by atoms with E-state index in [0.29, 0.717) is 11.1 Å². The van der Waals surface area contributed by atoms with Crippen molar-refractivity contribution in [3.05, 3.63) is 166 Å². The van der Waals surface area contributed by atoms with E-state index in [0.717, 1.165) is 54.9 Å². The van der Waals surface area contributed by atoms with Crippen LogP contribution in [0.4, 0.5) is 0 Å². The molecule has 1 aliphatic heterocycles. The molecule has 0 fully saturated rings. The summed E-state index contributed by atoms with van der Waals surface area (Å²) in [6, 6.07) is 44.6. The zero-order valence-corrected chi connectivity index (χ0v) is 33.0. The first-order valence-corrected chi connectivity index (χ1v) is 18.6. The minimum absolute atomic E-state index is 0.0109. The van der Waals surface area contributed by atoms with Gasteiger partial charge in [0.1, 0.15) is 52.9 Å². The lowest BCUT2D eigenvalue weighted by molar-refractivity contribution is 0.0681. The molecule has 0 bridgehead atoms. The number of rotatable bonds is 10. The van der Waals surface area contributed by atoms with Gasteiger partial charge in [-0.3, -0.25) is 0 Å². The molecule has 0 aromatic heterocycles. The standard InChI is InChI=1S/C51H36N6O2/c1-33(50(2,3)58-46(26-27-52)38(28-53)29-54)14-15-34-16-21-36(22-17-34)47-40-10-6-8-12-42(40)48(43-13-9-7-11-41(43)47)37-23-18-35(19-24-37)20-25-45-44(32-57)49(39(30-55)31-56)59-51(45,4)5/h6-25H,1,26H2,2-5H3. The monoisotopic (exact) mass is 764 g/mol. The topological polar surface area (TPSA) is 161 Å². The zero-order valence-electron chi connectivity index (χ0n) is 33.0. The van der Waals surface area contributed by atoms with Crippen molar-refractivity contribution in [1.82, 2.24) is 0 Å². The van der Waals surface area contributed by atoms with Crippen LogP contribution in [-0.4, -0.2) is 11.2 Å². The van der Waals surface area contributed by atoms with Gasteiger partial charge in [-0.05, 0) is 88.2 Å². The zero-order chi connectivity index (χ0) is 42.3. The van der Waals surface area contributed by atoms with Crippen molar-refractivity contribution in [1.29, 1.82) is 31.6 Å². The molecule has 0 saturated heterocycles. The Hall–Kier alpha value is -8.40. The molecule has 6 rings (SSSR count). The Labute approximate surface area is 343 Å². The van der Waals surface area contributed by atoms with Crippen LogP contribution < -0.4 is 0 Å². The maximum atomic E-state index is 9.93. The van der Waals surface area contributed by atoms with E-state index in [1.165, 1.54) is 0 Å². The lowest BCUT2D eigenvalue weighted by atomic mass is 9.85. The normalized spacial score (nSPS) is 13.2. The Balaban J connectivity index is 1.33. The summed E-state index contributed by atoms with van der Waals surface area (Å²) in [7, 11) is 0. The lowest BCUT2D eigenvalue weighted by Gasteiger charge is -2.28. The molecule has 0 radical (unpaired) electrons. The van der Waals surface area contributed by atoms with Crippen LogP contribution >= 0.6 is 0 Å². The fourth-order valence-electron chi connectivity index (χ4n) is 7.10. The molecule has 0 amide bonds. The number of allylic oxidation sites excluding steroid dienone is 4. The van der Waals surface area contributed by atoms with Gasteiger partial charge in [-0.15, -0.1) is 0 Å². The molecule has 0 aliphatic carbocycles. The Kier molecular flexibility index (Phi) is 11.4. The molecule has 0 unspecified atom stereocenters. The number of benzene rings is 5. The minimum atomic E-state index is -0.981. The number of nitriles is 6. The highest BCUT2D eigenvalue weighted by Gasteiger charge is 2.38. The lowest BCUT2D eigenvalue weighted by Crippen LogP contribution is -2.26. The van der Waals surface area contributed by atoms with Crippen molar-refractivity contribution in [2.45, 2.75) is 45.3 Å². The number of nitrogens with zero attached hydrogens (tertiary/aromatic N) is 6. The van der Waals surface area contributed by atoms with Crippen LogP contribution in [-0.2, 0) is 9.47 Å². The summed E-state index contributed by atoms with van der Waals surface area (Å²) in [4.78, 5) is 0. The Bertz CT molecular complexity index is 2880. The van der Waals surface area contributed by atoms with E-state index in [1.54, 1.807) is 39.8 Å². The van der Waals surface area contributed by atoms with Gasteiger partial charge in [-0.25, -0.2) is 0 Å². The number of ether oxygens (including phenoxy) is 2. The SMILES string of the molecule is C=C(C=Cc1ccc(-c2c3ccccc3c(-c3ccc(C=CC4=C(C#N)C(=C(C#N)C#N)OC4(C)C)cc3)c3ccccc23)cc1)C(C)(C)OC(CC#N)=C(C#N)C#N.